The summed E-state index contributed by atoms with van der Waals surface area (Å²) in [5.74, 6) is -1.02. The van der Waals surface area contributed by atoms with E-state index >= 15 is 0 Å². The Morgan fingerprint density at radius 3 is 2.61 bits per heavy atom. The summed E-state index contributed by atoms with van der Waals surface area (Å²) in [6.07, 6.45) is 0. The average Bonchev–Trinajstić information content (AvgIpc) is 2.27. The topological polar surface area (TPSA) is 63.1 Å². The predicted molar refractivity (Wildman–Crippen MR) is 69.0 cm³/mol. The van der Waals surface area contributed by atoms with Gasteiger partial charge in [-0.1, -0.05) is 17.8 Å². The van der Waals surface area contributed by atoms with Gasteiger partial charge in [-0.3, -0.25) is 0 Å². The summed E-state index contributed by atoms with van der Waals surface area (Å²) in [4.78, 5) is 19.3. The molecule has 4 nitrogen and oxygen atoms in total. The van der Waals surface area contributed by atoms with E-state index in [9.17, 15) is 4.79 Å². The van der Waals surface area contributed by atoms with Crippen LogP contribution in [0, 0.1) is 13.8 Å². The maximum absolute atomic E-state index is 10.8. The minimum Gasteiger partial charge on any atom is -0.477 e. The number of hydrogen-bond donors (Lipinski definition) is 1. The zero-order chi connectivity index (χ0) is 13.1. The van der Waals surface area contributed by atoms with Gasteiger partial charge >= 0.3 is 5.97 Å². The van der Waals surface area contributed by atoms with Crippen LogP contribution >= 0.6 is 11.8 Å². The normalized spacial score (nSPS) is 10.3. The number of carbonyl (C=O) groups is 1. The molecule has 0 saturated carbocycles. The van der Waals surface area contributed by atoms with Gasteiger partial charge in [0.15, 0.2) is 0 Å². The second kappa shape index (κ2) is 5.18. The highest BCUT2D eigenvalue weighted by molar-refractivity contribution is 7.99. The number of aromatic nitrogens is 2. The van der Waals surface area contributed by atoms with Crippen molar-refractivity contribution in [2.24, 2.45) is 0 Å². The molecule has 0 aliphatic rings. The number of carboxylic acid groups (broad SMARTS) is 1. The number of carboxylic acids is 1. The Bertz CT molecular complexity index is 579. The molecular weight excluding hydrogens is 248 g/mol. The highest BCUT2D eigenvalue weighted by Gasteiger charge is 2.07. The van der Waals surface area contributed by atoms with Crippen LogP contribution in [0.2, 0.25) is 0 Å². The lowest BCUT2D eigenvalue weighted by molar-refractivity contribution is 0.0689. The van der Waals surface area contributed by atoms with Crippen LogP contribution in [-0.2, 0) is 0 Å². The SMILES string of the molecule is Cc1cc(C)nc(Sc2cccc(C(=O)O)n2)c1. The third-order valence-corrected chi connectivity index (χ3v) is 3.08. The summed E-state index contributed by atoms with van der Waals surface area (Å²) in [5, 5.41) is 10.3. The standard InChI is InChI=1S/C13H12N2O2S/c1-8-6-9(2)14-12(7-8)18-11-5-3-4-10(15-11)13(16)17/h3-7H,1-2H3,(H,16,17). The van der Waals surface area contributed by atoms with E-state index in [1.807, 2.05) is 26.0 Å². The zero-order valence-corrected chi connectivity index (χ0v) is 10.9. The molecule has 0 aromatic carbocycles. The Morgan fingerprint density at radius 2 is 1.94 bits per heavy atom. The van der Waals surface area contributed by atoms with Crippen molar-refractivity contribution in [2.75, 3.05) is 0 Å². The Kier molecular flexibility index (Phi) is 3.62. The maximum atomic E-state index is 10.8. The van der Waals surface area contributed by atoms with Crippen molar-refractivity contribution in [1.29, 1.82) is 0 Å². The quantitative estimate of drug-likeness (QED) is 0.919. The minimum absolute atomic E-state index is 0.0457. The van der Waals surface area contributed by atoms with Gasteiger partial charge in [-0.05, 0) is 43.7 Å². The van der Waals surface area contributed by atoms with Crippen molar-refractivity contribution in [3.05, 3.63) is 47.3 Å². The fraction of sp³-hybridized carbons (Fsp3) is 0.154. The fourth-order valence-electron chi connectivity index (χ4n) is 1.55. The van der Waals surface area contributed by atoms with E-state index in [-0.39, 0.29) is 5.69 Å². The number of aromatic carboxylic acids is 1. The molecule has 18 heavy (non-hydrogen) atoms. The summed E-state index contributed by atoms with van der Waals surface area (Å²) in [5.41, 5.74) is 2.11. The molecule has 2 aromatic heterocycles. The van der Waals surface area contributed by atoms with Crippen LogP contribution in [0.3, 0.4) is 0 Å². The van der Waals surface area contributed by atoms with Gasteiger partial charge in [0.25, 0.3) is 0 Å². The lowest BCUT2D eigenvalue weighted by Gasteiger charge is -2.03. The highest BCUT2D eigenvalue weighted by Crippen LogP contribution is 2.25. The van der Waals surface area contributed by atoms with Gasteiger partial charge in [-0.25, -0.2) is 14.8 Å². The van der Waals surface area contributed by atoms with Crippen LogP contribution in [0.5, 0.6) is 0 Å². The van der Waals surface area contributed by atoms with E-state index in [0.29, 0.717) is 5.03 Å². The second-order valence-corrected chi connectivity index (χ2v) is 4.93. The third-order valence-electron chi connectivity index (χ3n) is 2.23. The summed E-state index contributed by atoms with van der Waals surface area (Å²) < 4.78 is 0. The number of hydrogen-bond acceptors (Lipinski definition) is 4. The molecule has 0 radical (unpaired) electrons. The molecule has 2 heterocycles. The van der Waals surface area contributed by atoms with Gasteiger partial charge in [0.1, 0.15) is 15.7 Å². The second-order valence-electron chi connectivity index (χ2n) is 3.89. The summed E-state index contributed by atoms with van der Waals surface area (Å²) >= 11 is 1.36. The molecule has 2 aromatic rings. The first-order valence-electron chi connectivity index (χ1n) is 5.38. The summed E-state index contributed by atoms with van der Waals surface area (Å²) in [6, 6.07) is 8.87. The molecule has 0 aliphatic carbocycles. The zero-order valence-electron chi connectivity index (χ0n) is 10.0. The Balaban J connectivity index is 2.28. The van der Waals surface area contributed by atoms with E-state index in [1.54, 1.807) is 12.1 Å². The molecule has 0 unspecified atom stereocenters. The Labute approximate surface area is 109 Å². The number of aryl methyl sites for hydroxylation is 2. The van der Waals surface area contributed by atoms with Crippen molar-refractivity contribution < 1.29 is 9.90 Å². The van der Waals surface area contributed by atoms with Crippen LogP contribution in [0.25, 0.3) is 0 Å². The molecule has 92 valence electrons. The fourth-order valence-corrected chi connectivity index (χ4v) is 2.49. The molecule has 1 N–H and O–H groups in total. The molecule has 2 rings (SSSR count). The van der Waals surface area contributed by atoms with Gasteiger partial charge in [-0.2, -0.15) is 0 Å². The van der Waals surface area contributed by atoms with Crippen molar-refractivity contribution in [2.45, 2.75) is 23.9 Å². The van der Waals surface area contributed by atoms with Gasteiger partial charge in [-0.15, -0.1) is 0 Å². The molecule has 0 aliphatic heterocycles. The van der Waals surface area contributed by atoms with E-state index in [0.717, 1.165) is 16.3 Å². The van der Waals surface area contributed by atoms with Gasteiger partial charge in [0.2, 0.25) is 0 Å². The van der Waals surface area contributed by atoms with Gasteiger partial charge in [0.05, 0.1) is 0 Å². The summed E-state index contributed by atoms with van der Waals surface area (Å²) in [6.45, 7) is 3.93. The van der Waals surface area contributed by atoms with Crippen molar-refractivity contribution in [3.63, 3.8) is 0 Å². The molecule has 5 heteroatoms. The van der Waals surface area contributed by atoms with Crippen molar-refractivity contribution in [1.82, 2.24) is 9.97 Å². The first kappa shape index (κ1) is 12.6. The first-order chi connectivity index (χ1) is 8.54. The monoisotopic (exact) mass is 260 g/mol. The Morgan fingerprint density at radius 1 is 1.17 bits per heavy atom. The van der Waals surface area contributed by atoms with E-state index in [1.165, 1.54) is 17.8 Å². The molecule has 0 saturated heterocycles. The first-order valence-corrected chi connectivity index (χ1v) is 6.20. The highest BCUT2D eigenvalue weighted by atomic mass is 32.2. The van der Waals surface area contributed by atoms with E-state index in [2.05, 4.69) is 9.97 Å². The van der Waals surface area contributed by atoms with E-state index in [4.69, 9.17) is 5.11 Å². The average molecular weight is 260 g/mol. The molecule has 0 atom stereocenters. The van der Waals surface area contributed by atoms with Crippen LogP contribution < -0.4 is 0 Å². The minimum atomic E-state index is -1.02. The number of pyridine rings is 2. The van der Waals surface area contributed by atoms with Crippen molar-refractivity contribution >= 4 is 17.7 Å². The van der Waals surface area contributed by atoms with Gasteiger partial charge < -0.3 is 5.11 Å². The smallest absolute Gasteiger partial charge is 0.354 e. The van der Waals surface area contributed by atoms with Gasteiger partial charge in [0, 0.05) is 5.69 Å². The number of nitrogens with zero attached hydrogens (tertiary/aromatic N) is 2. The van der Waals surface area contributed by atoms with E-state index < -0.39 is 5.97 Å². The lowest BCUT2D eigenvalue weighted by Crippen LogP contribution is -2.00. The molecular formula is C13H12N2O2S. The third kappa shape index (κ3) is 3.07. The van der Waals surface area contributed by atoms with Crippen LogP contribution in [0.1, 0.15) is 21.7 Å². The molecule has 0 bridgehead atoms. The molecule has 0 amide bonds. The largest absolute Gasteiger partial charge is 0.477 e. The molecule has 0 fully saturated rings. The number of rotatable bonds is 3. The molecule has 0 spiro atoms. The lowest BCUT2D eigenvalue weighted by atomic mass is 10.3. The van der Waals surface area contributed by atoms with Crippen LogP contribution in [0.15, 0.2) is 40.4 Å². The maximum Gasteiger partial charge on any atom is 0.354 e. The summed E-state index contributed by atoms with van der Waals surface area (Å²) in [7, 11) is 0. The van der Waals surface area contributed by atoms with Crippen molar-refractivity contribution in [3.8, 4) is 0 Å². The van der Waals surface area contributed by atoms with Crippen LogP contribution in [0.4, 0.5) is 0 Å². The predicted octanol–water partition coefficient (Wildman–Crippen LogP) is 2.94. The van der Waals surface area contributed by atoms with Crippen LogP contribution in [-0.4, -0.2) is 21.0 Å². The Hall–Kier alpha value is -1.88.